The second-order valence-electron chi connectivity index (χ2n) is 5.43. The molecule has 0 bridgehead atoms. The average molecular weight is 308 g/mol. The molecule has 1 aliphatic heterocycles. The molecule has 2 N–H and O–H groups in total. The quantitative estimate of drug-likeness (QED) is 0.862. The highest BCUT2D eigenvalue weighted by Gasteiger charge is 2.23. The molecule has 7 nitrogen and oxygen atoms in total. The summed E-state index contributed by atoms with van der Waals surface area (Å²) in [7, 11) is 0. The summed E-state index contributed by atoms with van der Waals surface area (Å²) in [4.78, 5) is 10.2. The first-order valence-electron chi connectivity index (χ1n) is 7.06. The van der Waals surface area contributed by atoms with Crippen molar-refractivity contribution in [2.75, 3.05) is 31.1 Å². The van der Waals surface area contributed by atoms with Gasteiger partial charge < -0.3 is 10.0 Å². The molecule has 1 aliphatic rings. The number of aryl methyl sites for hydroxylation is 2. The first-order valence-corrected chi connectivity index (χ1v) is 7.87. The molecule has 1 saturated heterocycles. The second kappa shape index (κ2) is 6.08. The van der Waals surface area contributed by atoms with Gasteiger partial charge in [-0.1, -0.05) is 0 Å². The van der Waals surface area contributed by atoms with Crippen LogP contribution in [-0.2, 0) is 6.54 Å². The maximum atomic E-state index is 10.2. The van der Waals surface area contributed by atoms with E-state index in [2.05, 4.69) is 37.1 Å². The number of aromatic amines is 1. The Kier molecular flexibility index (Phi) is 4.18. The van der Waals surface area contributed by atoms with Crippen molar-refractivity contribution in [2.24, 2.45) is 0 Å². The largest absolute Gasteiger partial charge is 0.390 e. The number of aliphatic hydroxyl groups is 1. The number of thiazole rings is 1. The predicted molar refractivity (Wildman–Crippen MR) is 81.5 cm³/mol. The summed E-state index contributed by atoms with van der Waals surface area (Å²) in [5.74, 6) is 0. The van der Waals surface area contributed by atoms with E-state index in [4.69, 9.17) is 0 Å². The monoisotopic (exact) mass is 308 g/mol. The van der Waals surface area contributed by atoms with E-state index in [1.54, 1.807) is 17.5 Å². The van der Waals surface area contributed by atoms with E-state index in [1.165, 1.54) is 4.88 Å². The molecule has 8 heteroatoms. The minimum Gasteiger partial charge on any atom is -0.390 e. The number of nitrogens with zero attached hydrogens (tertiary/aromatic N) is 5. The van der Waals surface area contributed by atoms with Crippen LogP contribution in [0.3, 0.4) is 0 Å². The molecule has 1 fully saturated rings. The van der Waals surface area contributed by atoms with E-state index in [1.807, 2.05) is 6.92 Å². The summed E-state index contributed by atoms with van der Waals surface area (Å²) in [6.07, 6.45) is 1.34. The Morgan fingerprint density at radius 2 is 2.24 bits per heavy atom. The Balaban J connectivity index is 1.67. The van der Waals surface area contributed by atoms with Gasteiger partial charge in [0.15, 0.2) is 5.13 Å². The third kappa shape index (κ3) is 3.39. The molecule has 0 aliphatic carbocycles. The lowest BCUT2D eigenvalue weighted by Gasteiger charge is -2.20. The van der Waals surface area contributed by atoms with Gasteiger partial charge in [0, 0.05) is 37.6 Å². The van der Waals surface area contributed by atoms with E-state index < -0.39 is 0 Å². The number of nitrogens with one attached hydrogen (secondary N) is 1. The topological polar surface area (TPSA) is 81.2 Å². The van der Waals surface area contributed by atoms with Crippen LogP contribution in [0.2, 0.25) is 0 Å². The van der Waals surface area contributed by atoms with E-state index in [9.17, 15) is 5.11 Å². The van der Waals surface area contributed by atoms with Crippen molar-refractivity contribution in [1.82, 2.24) is 25.3 Å². The van der Waals surface area contributed by atoms with Gasteiger partial charge in [-0.05, 0) is 13.8 Å². The van der Waals surface area contributed by atoms with Crippen molar-refractivity contribution in [3.8, 4) is 0 Å². The summed E-state index contributed by atoms with van der Waals surface area (Å²) in [5.41, 5.74) is 1.98. The first kappa shape index (κ1) is 14.4. The smallest absolute Gasteiger partial charge is 0.185 e. The molecule has 0 radical (unpaired) electrons. The van der Waals surface area contributed by atoms with Gasteiger partial charge in [0.25, 0.3) is 0 Å². The Hall–Kier alpha value is -1.51. The van der Waals surface area contributed by atoms with Crippen LogP contribution in [0.4, 0.5) is 5.13 Å². The Morgan fingerprint density at radius 1 is 1.38 bits per heavy atom. The third-order valence-electron chi connectivity index (χ3n) is 3.72. The fourth-order valence-electron chi connectivity index (χ4n) is 2.49. The van der Waals surface area contributed by atoms with E-state index in [0.29, 0.717) is 19.6 Å². The summed E-state index contributed by atoms with van der Waals surface area (Å²) in [5, 5.41) is 21.8. The Bertz CT molecular complexity index is 564. The fraction of sp³-hybridized carbons (Fsp3) is 0.615. The van der Waals surface area contributed by atoms with E-state index in [-0.39, 0.29) is 6.10 Å². The van der Waals surface area contributed by atoms with E-state index in [0.717, 1.165) is 29.6 Å². The number of hydrogen-bond donors (Lipinski definition) is 2. The minimum atomic E-state index is -0.385. The van der Waals surface area contributed by atoms with Crippen molar-refractivity contribution in [3.05, 3.63) is 22.5 Å². The first-order chi connectivity index (χ1) is 10.1. The molecule has 2 aromatic heterocycles. The number of H-pyrrole nitrogens is 1. The average Bonchev–Trinajstić information content (AvgIpc) is 3.00. The highest BCUT2D eigenvalue weighted by atomic mass is 32.1. The molecule has 21 heavy (non-hydrogen) atoms. The normalized spacial score (nSPS) is 20.7. The molecule has 114 valence electrons. The maximum absolute atomic E-state index is 10.2. The molecular formula is C13H20N6OS. The fourth-order valence-corrected chi connectivity index (χ4v) is 3.44. The molecule has 1 unspecified atom stereocenters. The number of aliphatic hydroxyl groups excluding tert-OH is 1. The van der Waals surface area contributed by atoms with Crippen molar-refractivity contribution < 1.29 is 5.11 Å². The maximum Gasteiger partial charge on any atom is 0.185 e. The SMILES string of the molecule is Cc1nc(N2CCN(Cc3cn[nH]n3)CC(O)C2)sc1C. The van der Waals surface area contributed by atoms with Gasteiger partial charge in [0.05, 0.1) is 23.7 Å². The zero-order valence-corrected chi connectivity index (χ0v) is 13.1. The minimum absolute atomic E-state index is 0.385. The third-order valence-corrected chi connectivity index (χ3v) is 4.86. The van der Waals surface area contributed by atoms with Crippen LogP contribution < -0.4 is 4.90 Å². The van der Waals surface area contributed by atoms with Crippen LogP contribution in [-0.4, -0.2) is 62.7 Å². The molecule has 0 amide bonds. The lowest BCUT2D eigenvalue weighted by molar-refractivity contribution is 0.128. The molecule has 0 saturated carbocycles. The van der Waals surface area contributed by atoms with Gasteiger partial charge in [-0.3, -0.25) is 4.90 Å². The highest BCUT2D eigenvalue weighted by Crippen LogP contribution is 2.26. The molecule has 0 aromatic carbocycles. The molecule has 0 spiro atoms. The van der Waals surface area contributed by atoms with Crippen LogP contribution in [0.1, 0.15) is 16.3 Å². The van der Waals surface area contributed by atoms with Gasteiger partial charge in [0.2, 0.25) is 0 Å². The van der Waals surface area contributed by atoms with Crippen molar-refractivity contribution in [3.63, 3.8) is 0 Å². The lowest BCUT2D eigenvalue weighted by atomic mass is 10.3. The van der Waals surface area contributed by atoms with Crippen LogP contribution in [0.15, 0.2) is 6.20 Å². The second-order valence-corrected chi connectivity index (χ2v) is 6.62. The molecule has 2 aromatic rings. The number of hydrogen-bond acceptors (Lipinski definition) is 7. The van der Waals surface area contributed by atoms with Gasteiger partial charge in [0.1, 0.15) is 0 Å². The van der Waals surface area contributed by atoms with Crippen LogP contribution in [0.25, 0.3) is 0 Å². The molecule has 1 atom stereocenters. The highest BCUT2D eigenvalue weighted by molar-refractivity contribution is 7.15. The molecular weight excluding hydrogens is 288 g/mol. The number of aromatic nitrogens is 4. The lowest BCUT2D eigenvalue weighted by Crippen LogP contribution is -2.33. The number of β-amino-alcohol motifs (C(OH)–C–C–N with tert-alkyl or cyclic N) is 1. The number of anilines is 1. The van der Waals surface area contributed by atoms with E-state index >= 15 is 0 Å². The standard InChI is InChI=1S/C13H20N6OS/c1-9-10(2)21-13(15-9)19-4-3-18(7-12(20)8-19)6-11-5-14-17-16-11/h5,12,20H,3-4,6-8H2,1-2H3,(H,14,16,17). The van der Waals surface area contributed by atoms with Gasteiger partial charge in [-0.15, -0.1) is 11.3 Å². The van der Waals surface area contributed by atoms with Crippen molar-refractivity contribution in [1.29, 1.82) is 0 Å². The summed E-state index contributed by atoms with van der Waals surface area (Å²) < 4.78 is 0. The Labute approximate surface area is 127 Å². The zero-order valence-electron chi connectivity index (χ0n) is 12.3. The molecule has 3 heterocycles. The molecule has 3 rings (SSSR count). The van der Waals surface area contributed by atoms with Crippen LogP contribution in [0.5, 0.6) is 0 Å². The summed E-state index contributed by atoms with van der Waals surface area (Å²) in [6, 6.07) is 0. The number of rotatable bonds is 3. The Morgan fingerprint density at radius 3 is 2.90 bits per heavy atom. The van der Waals surface area contributed by atoms with Gasteiger partial charge in [-0.25, -0.2) is 4.98 Å². The van der Waals surface area contributed by atoms with Crippen LogP contribution >= 0.6 is 11.3 Å². The zero-order chi connectivity index (χ0) is 14.8. The van der Waals surface area contributed by atoms with Crippen molar-refractivity contribution >= 4 is 16.5 Å². The van der Waals surface area contributed by atoms with Gasteiger partial charge in [-0.2, -0.15) is 15.4 Å². The van der Waals surface area contributed by atoms with Crippen LogP contribution in [0, 0.1) is 13.8 Å². The van der Waals surface area contributed by atoms with Gasteiger partial charge >= 0.3 is 0 Å². The summed E-state index contributed by atoms with van der Waals surface area (Å²) >= 11 is 1.70. The summed E-state index contributed by atoms with van der Waals surface area (Å²) in [6.45, 7) is 7.83. The van der Waals surface area contributed by atoms with Crippen molar-refractivity contribution in [2.45, 2.75) is 26.5 Å². The predicted octanol–water partition coefficient (Wildman–Crippen LogP) is 0.561.